The molecule has 14 rings (SSSR count). The first-order valence-electron chi connectivity index (χ1n) is 33.8. The lowest BCUT2D eigenvalue weighted by atomic mass is 10.0. The highest BCUT2D eigenvalue weighted by Crippen LogP contribution is 2.33. The van der Waals surface area contributed by atoms with Gasteiger partial charge in [-0.25, -0.2) is 27.2 Å². The van der Waals surface area contributed by atoms with Crippen LogP contribution in [0.15, 0.2) is 238 Å². The van der Waals surface area contributed by atoms with Crippen LogP contribution in [0.3, 0.4) is 0 Å². The van der Waals surface area contributed by atoms with Crippen molar-refractivity contribution in [3.63, 3.8) is 0 Å². The first-order valence-corrected chi connectivity index (χ1v) is 33.8. The number of morpholine rings is 1. The predicted molar refractivity (Wildman–Crippen MR) is 403 cm³/mol. The van der Waals surface area contributed by atoms with Crippen molar-refractivity contribution in [3.8, 4) is 62.3 Å². The molecule has 1 saturated heterocycles. The fourth-order valence-electron chi connectivity index (χ4n) is 11.9. The summed E-state index contributed by atoms with van der Waals surface area (Å²) in [7, 11) is 3.13. The Hall–Kier alpha value is -14.2. The van der Waals surface area contributed by atoms with E-state index in [1.807, 2.05) is 42.5 Å². The Kier molecular flexibility index (Phi) is 24.3. The van der Waals surface area contributed by atoms with Gasteiger partial charge in [-0.15, -0.1) is 0 Å². The van der Waals surface area contributed by atoms with Gasteiger partial charge in [0.05, 0.1) is 60.7 Å². The van der Waals surface area contributed by atoms with Crippen LogP contribution in [0.1, 0.15) is 50.1 Å². The molecule has 13 aromatic rings. The number of benzene rings is 8. The molecule has 568 valence electrons. The van der Waals surface area contributed by atoms with Crippen LogP contribution >= 0.6 is 0 Å². The van der Waals surface area contributed by atoms with Gasteiger partial charge in [-0.05, 0) is 161 Å². The number of alkyl halides is 3. The number of hydrogen-bond acceptors (Lipinski definition) is 13. The van der Waals surface area contributed by atoms with Crippen LogP contribution in [0.25, 0.3) is 50.8 Å². The highest BCUT2D eigenvalue weighted by atomic mass is 19.4. The number of aromatic amines is 4. The van der Waals surface area contributed by atoms with Gasteiger partial charge in [-0.2, -0.15) is 27.2 Å². The molecule has 5 aromatic heterocycles. The van der Waals surface area contributed by atoms with Crippen molar-refractivity contribution < 1.29 is 49.9 Å². The van der Waals surface area contributed by atoms with Gasteiger partial charge < -0.3 is 30.6 Å². The third-order valence-electron chi connectivity index (χ3n) is 17.6. The maximum Gasteiger partial charge on any atom is 0.416 e. The molecule has 1 aliphatic heterocycles. The number of H-pyrrole nitrogens is 4. The molecule has 8 aromatic carbocycles. The van der Waals surface area contributed by atoms with Crippen molar-refractivity contribution in [3.05, 3.63) is 343 Å². The summed E-state index contributed by atoms with van der Waals surface area (Å²) in [6.45, 7) is 1.72. The van der Waals surface area contributed by atoms with E-state index in [-0.39, 0.29) is 53.1 Å². The normalized spacial score (nSPS) is 11.8. The number of hydrogen-bond donors (Lipinski definition) is 9. The lowest BCUT2D eigenvalue weighted by Crippen LogP contribution is -2.46. The molecule has 0 radical (unpaired) electrons. The molecule has 111 heavy (non-hydrogen) atoms. The zero-order valence-corrected chi connectivity index (χ0v) is 59.0. The minimum absolute atomic E-state index is 0.0542. The van der Waals surface area contributed by atoms with Crippen LogP contribution in [0.5, 0.6) is 11.5 Å². The van der Waals surface area contributed by atoms with Gasteiger partial charge in [-0.1, -0.05) is 66.7 Å². The highest BCUT2D eigenvalue weighted by molar-refractivity contribution is 5.81. The molecule has 0 aliphatic carbocycles. The number of nitro groups is 1. The summed E-state index contributed by atoms with van der Waals surface area (Å²) in [6.07, 6.45) is -1.86. The Morgan fingerprint density at radius 3 is 1.24 bits per heavy atom. The summed E-state index contributed by atoms with van der Waals surface area (Å²) in [6, 6.07) is 53.4. The fraction of sp³-hybridized carbons (Fsp3) is 0.139. The van der Waals surface area contributed by atoms with Crippen LogP contribution in [-0.4, -0.2) is 112 Å². The van der Waals surface area contributed by atoms with Gasteiger partial charge in [0.1, 0.15) is 34.8 Å². The number of pyridine rings is 1. The van der Waals surface area contributed by atoms with Crippen molar-refractivity contribution in [1.29, 1.82) is 16.2 Å². The molecule has 0 spiro atoms. The second kappa shape index (κ2) is 34.6. The van der Waals surface area contributed by atoms with Crippen molar-refractivity contribution >= 4 is 23.6 Å². The summed E-state index contributed by atoms with van der Waals surface area (Å²) in [4.78, 5) is 67.9. The van der Waals surface area contributed by atoms with Gasteiger partial charge >= 0.3 is 6.18 Å². The van der Waals surface area contributed by atoms with E-state index in [4.69, 9.17) is 41.9 Å². The van der Waals surface area contributed by atoms with Gasteiger partial charge in [0.2, 0.25) is 17.9 Å². The third kappa shape index (κ3) is 18.8. The summed E-state index contributed by atoms with van der Waals surface area (Å²) in [5.41, 5.74) is 17.4. The summed E-state index contributed by atoms with van der Waals surface area (Å²) < 4.78 is 112. The molecule has 1 aliphatic rings. The lowest BCUT2D eigenvalue weighted by Gasteiger charge is -2.28. The number of ether oxygens (including phenoxy) is 3. The second-order valence-electron chi connectivity index (χ2n) is 24.9. The number of nitrogens with two attached hydrogens (primary N) is 2. The maximum absolute atomic E-state index is 13.3. The van der Waals surface area contributed by atoms with Crippen molar-refractivity contribution in [2.75, 3.05) is 40.5 Å². The van der Waals surface area contributed by atoms with E-state index in [9.17, 15) is 60.0 Å². The molecule has 0 atom stereocenters. The van der Waals surface area contributed by atoms with E-state index < -0.39 is 51.1 Å². The van der Waals surface area contributed by atoms with Gasteiger partial charge in [-0.3, -0.25) is 65.9 Å². The number of non-ortho nitro benzene ring substituents is 1. The van der Waals surface area contributed by atoms with Crippen LogP contribution in [0, 0.1) is 49.6 Å². The SMILES string of the molecule is COc1cccc(Cc2c(-c3ccc(F)cc3)[nH]n(C(=N)N)c2=O)c1.COc1cccc(Cc2c(-c3ccc([N+](=O)[O-])cc3)[nH]n(C(=N)N)c2=O)c1.N=C(N1CCOCC1)n1[nH]c(-c2ccc(C(F)(F)F)cc2)c(Cc2ccc(F)cc2)c1=O.O=c1c(Cc2ccc(F)cc2)c(-c2ccc(F)cc2)[nH]n1-c1ccccn1. The monoisotopic (exact) mass is 1520 g/mol. The van der Waals surface area contributed by atoms with E-state index in [1.165, 1.54) is 89.6 Å². The molecular formula is C79H69F7N16O9. The Morgan fingerprint density at radius 2 is 0.856 bits per heavy atom. The molecule has 11 N–H and O–H groups in total. The highest BCUT2D eigenvalue weighted by Gasteiger charge is 2.31. The fourth-order valence-corrected chi connectivity index (χ4v) is 11.9. The Balaban J connectivity index is 0.000000147. The molecule has 6 heterocycles. The van der Waals surface area contributed by atoms with Gasteiger partial charge in [0, 0.05) is 96.0 Å². The largest absolute Gasteiger partial charge is 0.497 e. The zero-order valence-electron chi connectivity index (χ0n) is 59.0. The predicted octanol–water partition coefficient (Wildman–Crippen LogP) is 12.2. The summed E-state index contributed by atoms with van der Waals surface area (Å²) >= 11 is 0. The molecule has 0 amide bonds. The van der Waals surface area contributed by atoms with Crippen molar-refractivity contribution in [1.82, 2.24) is 49.0 Å². The molecule has 0 unspecified atom stereocenters. The number of halogens is 7. The Bertz CT molecular complexity index is 5730. The van der Waals surface area contributed by atoms with Crippen LogP contribution in [0.2, 0.25) is 0 Å². The minimum atomic E-state index is -4.48. The lowest BCUT2D eigenvalue weighted by molar-refractivity contribution is -0.384. The Labute approximate surface area is 625 Å². The first kappa shape index (κ1) is 77.9. The minimum Gasteiger partial charge on any atom is -0.497 e. The van der Waals surface area contributed by atoms with Crippen LogP contribution < -0.4 is 43.2 Å². The molecule has 0 bridgehead atoms. The second-order valence-corrected chi connectivity index (χ2v) is 24.9. The van der Waals surface area contributed by atoms with Gasteiger partial charge in [0.25, 0.3) is 27.9 Å². The van der Waals surface area contributed by atoms with Crippen molar-refractivity contribution in [2.24, 2.45) is 11.5 Å². The van der Waals surface area contributed by atoms with E-state index in [2.05, 4.69) is 25.4 Å². The smallest absolute Gasteiger partial charge is 0.416 e. The van der Waals surface area contributed by atoms with Gasteiger partial charge in [0.15, 0.2) is 5.82 Å². The topological polar surface area (TPSA) is 362 Å². The number of nitrogen functional groups attached to an aromatic ring is 2. The number of aromatic nitrogens is 9. The molecule has 0 saturated carbocycles. The van der Waals surface area contributed by atoms with E-state index in [0.717, 1.165) is 42.9 Å². The average molecular weight is 1520 g/mol. The van der Waals surface area contributed by atoms with E-state index in [0.29, 0.717) is 124 Å². The average Bonchev–Trinajstić information content (AvgIpc) is 1.66. The summed E-state index contributed by atoms with van der Waals surface area (Å²) in [5.74, 6) is -0.611. The van der Waals surface area contributed by atoms with E-state index >= 15 is 0 Å². The molecular weight excluding hydrogens is 1450 g/mol. The number of nitrogens with zero attached hydrogens (tertiary/aromatic N) is 7. The zero-order chi connectivity index (χ0) is 79.2. The number of rotatable bonds is 16. The van der Waals surface area contributed by atoms with E-state index in [1.54, 1.807) is 98.1 Å². The molecule has 32 heteroatoms. The standard InChI is InChI=1S/C22H20F4N4O2.C21H15F2N3O.C18H17FN4O2.C18H17N5O4/c23-17-7-1-14(2-8-17)13-18-19(15-3-5-16(6-4-15)22(24,25)26)28-30(20(18)31)21(27)29-9-11-32-12-10-29;22-16-8-4-14(5-9-16)13-18-20(15-6-10-17(23)11-7-15)25-26(21(18)27)19-3-1-2-12-24-19;1-25-14-4-2-3-11(9-14)10-15-16(12-5-7-13(19)8-6-12)22-23(17(15)24)18(20)21;1-27-14-4-2-3-11(9-14)10-15-16(21-22(17(15)24)18(19)20)12-5-7-13(8-6-12)23(25)26/h1-8,27-28H,9-13H2;1-12,25H,13H2;2-9,22H,10H2,1H3,(H3,20,21);2-9,21H,10H2,1H3,(H3,19,20). The maximum atomic E-state index is 13.3. The third-order valence-corrected chi connectivity index (χ3v) is 17.6. The molecule has 1 fully saturated rings. The number of nitrogens with one attached hydrogen (secondary N) is 7. The Morgan fingerprint density at radius 1 is 0.486 bits per heavy atom. The number of methoxy groups -OCH3 is 2. The quantitative estimate of drug-likeness (QED) is 0.0143. The number of nitro benzene ring substituents is 1. The van der Waals surface area contributed by atoms with Crippen molar-refractivity contribution in [2.45, 2.75) is 31.9 Å². The summed E-state index contributed by atoms with van der Waals surface area (Å²) in [5, 5.41) is 46.1. The van der Waals surface area contributed by atoms with Crippen LogP contribution in [-0.2, 0) is 36.6 Å². The first-order chi connectivity index (χ1) is 53.2. The van der Waals surface area contributed by atoms with Crippen LogP contribution in [0.4, 0.5) is 36.4 Å². The molecule has 25 nitrogen and oxygen atoms in total.